The molecule has 37 heavy (non-hydrogen) atoms. The first kappa shape index (κ1) is 28.3. The van der Waals surface area contributed by atoms with E-state index in [1.807, 2.05) is 27.7 Å². The number of nitrogens with one attached hydrogen (secondary N) is 1. The van der Waals surface area contributed by atoms with Gasteiger partial charge in [-0.1, -0.05) is 0 Å². The zero-order valence-electron chi connectivity index (χ0n) is 22.8. The summed E-state index contributed by atoms with van der Waals surface area (Å²) in [5.41, 5.74) is 0.592. The molecule has 3 rings (SSSR count). The number of piperidine rings is 1. The SMILES string of the molecule is CCNC(=O)CCCN1C(=O)C(C)(C)Oc2cc(C)c(C(=O)N(C(C)C)[C@@H]3CCCN(C(=O)O)C3)cc21. The van der Waals surface area contributed by atoms with Crippen LogP contribution in [-0.2, 0) is 9.59 Å². The summed E-state index contributed by atoms with van der Waals surface area (Å²) >= 11 is 0. The van der Waals surface area contributed by atoms with Gasteiger partial charge in [0.1, 0.15) is 5.75 Å². The lowest BCUT2D eigenvalue weighted by molar-refractivity contribution is -0.132. The molecule has 1 saturated heterocycles. The average molecular weight is 517 g/mol. The smallest absolute Gasteiger partial charge is 0.407 e. The summed E-state index contributed by atoms with van der Waals surface area (Å²) < 4.78 is 6.04. The summed E-state index contributed by atoms with van der Waals surface area (Å²) in [6.45, 7) is 12.6. The molecule has 2 aliphatic rings. The highest BCUT2D eigenvalue weighted by Crippen LogP contribution is 2.40. The predicted molar refractivity (Wildman–Crippen MR) is 140 cm³/mol. The molecule has 0 aliphatic carbocycles. The number of aryl methyl sites for hydroxylation is 1. The van der Waals surface area contributed by atoms with Crippen molar-refractivity contribution in [3.8, 4) is 5.75 Å². The van der Waals surface area contributed by atoms with Gasteiger partial charge in [-0.25, -0.2) is 4.79 Å². The molecule has 0 radical (unpaired) electrons. The first-order valence-electron chi connectivity index (χ1n) is 13.1. The van der Waals surface area contributed by atoms with E-state index in [0.717, 1.165) is 6.42 Å². The number of carboxylic acid groups (broad SMARTS) is 1. The van der Waals surface area contributed by atoms with Crippen molar-refractivity contribution in [2.75, 3.05) is 31.1 Å². The van der Waals surface area contributed by atoms with E-state index in [0.29, 0.717) is 55.0 Å². The van der Waals surface area contributed by atoms with Crippen LogP contribution in [0.25, 0.3) is 0 Å². The van der Waals surface area contributed by atoms with Crippen LogP contribution < -0.4 is 15.0 Å². The normalized spacial score (nSPS) is 18.8. The predicted octanol–water partition coefficient (Wildman–Crippen LogP) is 3.41. The Balaban J connectivity index is 1.94. The standard InChI is InChI=1S/C27H40N4O6/c1-7-28-23(32)11-9-13-30-21-15-20(18(4)14-22(21)37-27(5,6)25(30)34)24(33)31(17(2)3)19-10-8-12-29(16-19)26(35)36/h14-15,17,19H,7-13,16H2,1-6H3,(H,28,32)(H,35,36)/t19-/m1/s1. The summed E-state index contributed by atoms with van der Waals surface area (Å²) in [5, 5.41) is 12.3. The topological polar surface area (TPSA) is 119 Å². The van der Waals surface area contributed by atoms with E-state index in [9.17, 15) is 24.3 Å². The van der Waals surface area contributed by atoms with E-state index in [2.05, 4.69) is 5.32 Å². The summed E-state index contributed by atoms with van der Waals surface area (Å²) in [4.78, 5) is 55.5. The molecule has 10 nitrogen and oxygen atoms in total. The minimum Gasteiger partial charge on any atom is -0.476 e. The molecule has 2 N–H and O–H groups in total. The summed E-state index contributed by atoms with van der Waals surface area (Å²) in [5.74, 6) is 0.00995. The van der Waals surface area contributed by atoms with Crippen molar-refractivity contribution in [2.45, 2.75) is 84.9 Å². The lowest BCUT2D eigenvalue weighted by atomic mass is 9.97. The van der Waals surface area contributed by atoms with Crippen LogP contribution in [0, 0.1) is 6.92 Å². The minimum atomic E-state index is -1.08. The van der Waals surface area contributed by atoms with E-state index in [1.165, 1.54) is 4.90 Å². The van der Waals surface area contributed by atoms with Gasteiger partial charge in [-0.15, -0.1) is 0 Å². The third-order valence-electron chi connectivity index (χ3n) is 6.96. The number of rotatable bonds is 8. The molecule has 0 bridgehead atoms. The first-order valence-corrected chi connectivity index (χ1v) is 13.1. The largest absolute Gasteiger partial charge is 0.476 e. The lowest BCUT2D eigenvalue weighted by Gasteiger charge is -2.41. The van der Waals surface area contributed by atoms with Crippen LogP contribution in [0.2, 0.25) is 0 Å². The van der Waals surface area contributed by atoms with Crippen molar-refractivity contribution in [3.63, 3.8) is 0 Å². The van der Waals surface area contributed by atoms with Crippen LogP contribution in [0.3, 0.4) is 0 Å². The van der Waals surface area contributed by atoms with Gasteiger partial charge in [-0.2, -0.15) is 0 Å². The number of hydrogen-bond donors (Lipinski definition) is 2. The number of nitrogens with zero attached hydrogens (tertiary/aromatic N) is 3. The van der Waals surface area contributed by atoms with Crippen LogP contribution in [-0.4, -0.2) is 82.6 Å². The van der Waals surface area contributed by atoms with Crippen LogP contribution in [0.5, 0.6) is 5.75 Å². The number of carbonyl (C=O) groups is 4. The maximum atomic E-state index is 13.9. The molecule has 1 aromatic rings. The van der Waals surface area contributed by atoms with Crippen molar-refractivity contribution in [3.05, 3.63) is 23.3 Å². The van der Waals surface area contributed by atoms with Gasteiger partial charge in [-0.05, 0) is 78.5 Å². The lowest BCUT2D eigenvalue weighted by Crippen LogP contribution is -2.54. The van der Waals surface area contributed by atoms with Crippen molar-refractivity contribution >= 4 is 29.5 Å². The second-order valence-corrected chi connectivity index (χ2v) is 10.6. The maximum absolute atomic E-state index is 13.9. The molecular formula is C27H40N4O6. The molecule has 1 fully saturated rings. The van der Waals surface area contributed by atoms with E-state index >= 15 is 0 Å². The molecule has 2 aliphatic heterocycles. The van der Waals surface area contributed by atoms with E-state index in [-0.39, 0.29) is 42.8 Å². The Bertz CT molecular complexity index is 1050. The van der Waals surface area contributed by atoms with Gasteiger partial charge in [0.15, 0.2) is 5.60 Å². The number of benzene rings is 1. The number of anilines is 1. The van der Waals surface area contributed by atoms with Crippen molar-refractivity contribution in [1.29, 1.82) is 0 Å². The van der Waals surface area contributed by atoms with Gasteiger partial charge in [-0.3, -0.25) is 14.4 Å². The van der Waals surface area contributed by atoms with Gasteiger partial charge in [0.2, 0.25) is 5.91 Å². The van der Waals surface area contributed by atoms with Gasteiger partial charge in [0.05, 0.1) is 11.7 Å². The number of fused-ring (bicyclic) bond motifs is 1. The first-order chi connectivity index (χ1) is 17.4. The Morgan fingerprint density at radius 1 is 1.27 bits per heavy atom. The number of likely N-dealkylation sites (tertiary alicyclic amines) is 1. The highest BCUT2D eigenvalue weighted by Gasteiger charge is 2.42. The number of hydrogen-bond acceptors (Lipinski definition) is 5. The minimum absolute atomic E-state index is 0.0714. The second kappa shape index (κ2) is 11.4. The van der Waals surface area contributed by atoms with Crippen molar-refractivity contribution in [2.24, 2.45) is 0 Å². The zero-order chi connectivity index (χ0) is 27.5. The van der Waals surface area contributed by atoms with Gasteiger partial charge in [0, 0.05) is 44.2 Å². The Labute approximate surface area is 218 Å². The van der Waals surface area contributed by atoms with Crippen LogP contribution in [0.15, 0.2) is 12.1 Å². The summed E-state index contributed by atoms with van der Waals surface area (Å²) in [6, 6.07) is 3.11. The molecule has 0 aromatic heterocycles. The second-order valence-electron chi connectivity index (χ2n) is 10.6. The van der Waals surface area contributed by atoms with Gasteiger partial charge < -0.3 is 29.9 Å². The molecule has 2 heterocycles. The molecule has 4 amide bonds. The molecule has 0 spiro atoms. The van der Waals surface area contributed by atoms with E-state index in [4.69, 9.17) is 4.74 Å². The highest BCUT2D eigenvalue weighted by molar-refractivity contribution is 6.05. The summed E-state index contributed by atoms with van der Waals surface area (Å²) in [7, 11) is 0. The fourth-order valence-electron chi connectivity index (χ4n) is 5.17. The van der Waals surface area contributed by atoms with Crippen molar-refractivity contribution in [1.82, 2.24) is 15.1 Å². The Morgan fingerprint density at radius 2 is 1.97 bits per heavy atom. The molecule has 0 saturated carbocycles. The highest BCUT2D eigenvalue weighted by atomic mass is 16.5. The van der Waals surface area contributed by atoms with Crippen LogP contribution >= 0.6 is 0 Å². The summed E-state index contributed by atoms with van der Waals surface area (Å²) in [6.07, 6.45) is 1.18. The fraction of sp³-hybridized carbons (Fsp3) is 0.630. The number of carbonyl (C=O) groups excluding carboxylic acids is 3. The molecule has 1 atom stereocenters. The quantitative estimate of drug-likeness (QED) is 0.547. The Hall–Kier alpha value is -3.30. The Kier molecular flexibility index (Phi) is 8.71. The van der Waals surface area contributed by atoms with Crippen LogP contribution in [0.1, 0.15) is 76.2 Å². The average Bonchev–Trinajstić information content (AvgIpc) is 2.81. The molecular weight excluding hydrogens is 476 g/mol. The third-order valence-corrected chi connectivity index (χ3v) is 6.96. The zero-order valence-corrected chi connectivity index (χ0v) is 22.8. The van der Waals surface area contributed by atoms with Crippen molar-refractivity contribution < 1.29 is 29.0 Å². The van der Waals surface area contributed by atoms with E-state index in [1.54, 1.807) is 35.8 Å². The monoisotopic (exact) mass is 516 g/mol. The molecule has 204 valence electrons. The molecule has 1 aromatic carbocycles. The molecule has 0 unspecified atom stereocenters. The van der Waals surface area contributed by atoms with Gasteiger partial charge >= 0.3 is 6.09 Å². The fourth-order valence-corrected chi connectivity index (χ4v) is 5.17. The number of amides is 4. The number of ether oxygens (including phenoxy) is 1. The van der Waals surface area contributed by atoms with E-state index < -0.39 is 11.7 Å². The molecule has 10 heteroatoms. The van der Waals surface area contributed by atoms with Gasteiger partial charge in [0.25, 0.3) is 11.8 Å². The van der Waals surface area contributed by atoms with Crippen LogP contribution in [0.4, 0.5) is 10.5 Å². The Morgan fingerprint density at radius 3 is 2.59 bits per heavy atom. The maximum Gasteiger partial charge on any atom is 0.407 e. The third kappa shape index (κ3) is 6.17.